The topological polar surface area (TPSA) is 79.5 Å². The first-order valence-corrected chi connectivity index (χ1v) is 6.26. The SMILES string of the molecule is CCN(C)c1noc(CC(CC)(CC)C(=O)O)n1. The average Bonchev–Trinajstić information content (AvgIpc) is 2.83. The average molecular weight is 255 g/mol. The van der Waals surface area contributed by atoms with Gasteiger partial charge in [-0.25, -0.2) is 0 Å². The lowest BCUT2D eigenvalue weighted by Gasteiger charge is -2.24. The van der Waals surface area contributed by atoms with Crippen LogP contribution >= 0.6 is 0 Å². The molecule has 0 atom stereocenters. The molecule has 0 saturated carbocycles. The maximum atomic E-state index is 11.4. The summed E-state index contributed by atoms with van der Waals surface area (Å²) >= 11 is 0. The lowest BCUT2D eigenvalue weighted by atomic mass is 9.79. The maximum Gasteiger partial charge on any atom is 0.310 e. The zero-order valence-electron chi connectivity index (χ0n) is 11.4. The van der Waals surface area contributed by atoms with Gasteiger partial charge in [0, 0.05) is 20.0 Å². The second kappa shape index (κ2) is 5.84. The lowest BCUT2D eigenvalue weighted by Crippen LogP contribution is -2.32. The molecule has 0 aliphatic rings. The second-order valence-corrected chi connectivity index (χ2v) is 4.47. The van der Waals surface area contributed by atoms with Crippen LogP contribution in [0.3, 0.4) is 0 Å². The van der Waals surface area contributed by atoms with Crippen molar-refractivity contribution < 1.29 is 14.4 Å². The van der Waals surface area contributed by atoms with Gasteiger partial charge in [0.15, 0.2) is 0 Å². The summed E-state index contributed by atoms with van der Waals surface area (Å²) in [5.41, 5.74) is -0.811. The minimum Gasteiger partial charge on any atom is -0.481 e. The van der Waals surface area contributed by atoms with Crippen LogP contribution in [-0.4, -0.2) is 34.8 Å². The van der Waals surface area contributed by atoms with E-state index >= 15 is 0 Å². The molecule has 0 aromatic carbocycles. The number of hydrogen-bond acceptors (Lipinski definition) is 5. The van der Waals surface area contributed by atoms with Gasteiger partial charge in [0.05, 0.1) is 5.41 Å². The molecule has 1 rings (SSSR count). The molecule has 6 heteroatoms. The molecule has 1 N–H and O–H groups in total. The fourth-order valence-electron chi connectivity index (χ4n) is 1.78. The van der Waals surface area contributed by atoms with Crippen LogP contribution in [0.1, 0.15) is 39.5 Å². The van der Waals surface area contributed by atoms with Gasteiger partial charge in [0.2, 0.25) is 5.89 Å². The molecule has 0 radical (unpaired) electrons. The zero-order chi connectivity index (χ0) is 13.8. The van der Waals surface area contributed by atoms with Crippen molar-refractivity contribution in [3.63, 3.8) is 0 Å². The Morgan fingerprint density at radius 2 is 2.00 bits per heavy atom. The van der Waals surface area contributed by atoms with E-state index in [1.165, 1.54) is 0 Å². The number of aliphatic carboxylic acids is 1. The van der Waals surface area contributed by atoms with Gasteiger partial charge in [0.1, 0.15) is 0 Å². The Hall–Kier alpha value is -1.59. The molecule has 0 bridgehead atoms. The van der Waals surface area contributed by atoms with Crippen LogP contribution in [0.4, 0.5) is 5.95 Å². The Morgan fingerprint density at radius 3 is 2.44 bits per heavy atom. The van der Waals surface area contributed by atoms with Crippen molar-refractivity contribution >= 4 is 11.9 Å². The van der Waals surface area contributed by atoms with Crippen molar-refractivity contribution in [3.8, 4) is 0 Å². The van der Waals surface area contributed by atoms with Crippen LogP contribution in [0.15, 0.2) is 4.52 Å². The van der Waals surface area contributed by atoms with E-state index in [4.69, 9.17) is 4.52 Å². The molecule has 0 amide bonds. The molecule has 0 aliphatic heterocycles. The number of aromatic nitrogens is 2. The van der Waals surface area contributed by atoms with Gasteiger partial charge in [-0.1, -0.05) is 13.8 Å². The fraction of sp³-hybridized carbons (Fsp3) is 0.750. The third-order valence-corrected chi connectivity index (χ3v) is 3.57. The number of rotatable bonds is 7. The monoisotopic (exact) mass is 255 g/mol. The standard InChI is InChI=1S/C12H21N3O3/c1-5-12(6-2,10(16)17)8-9-13-11(14-18-9)15(4)7-3/h5-8H2,1-4H3,(H,16,17). The molecule has 1 heterocycles. The van der Waals surface area contributed by atoms with E-state index in [-0.39, 0.29) is 6.42 Å². The fourth-order valence-corrected chi connectivity index (χ4v) is 1.78. The van der Waals surface area contributed by atoms with Gasteiger partial charge in [-0.15, -0.1) is 0 Å². The van der Waals surface area contributed by atoms with Crippen molar-refractivity contribution in [1.82, 2.24) is 10.1 Å². The zero-order valence-corrected chi connectivity index (χ0v) is 11.4. The van der Waals surface area contributed by atoms with Crippen LogP contribution < -0.4 is 4.90 Å². The number of anilines is 1. The highest BCUT2D eigenvalue weighted by atomic mass is 16.5. The molecular formula is C12H21N3O3. The lowest BCUT2D eigenvalue weighted by molar-refractivity contribution is -0.149. The molecule has 0 saturated heterocycles. The predicted octanol–water partition coefficient (Wildman–Crippen LogP) is 1.96. The third-order valence-electron chi connectivity index (χ3n) is 3.57. The van der Waals surface area contributed by atoms with Gasteiger partial charge in [-0.3, -0.25) is 4.79 Å². The molecule has 1 aromatic heterocycles. The van der Waals surface area contributed by atoms with Gasteiger partial charge >= 0.3 is 5.97 Å². The molecule has 0 spiro atoms. The smallest absolute Gasteiger partial charge is 0.310 e. The molecule has 18 heavy (non-hydrogen) atoms. The highest BCUT2D eigenvalue weighted by molar-refractivity contribution is 5.74. The van der Waals surface area contributed by atoms with E-state index in [0.717, 1.165) is 6.54 Å². The minimum atomic E-state index is -0.811. The summed E-state index contributed by atoms with van der Waals surface area (Å²) in [6.45, 7) is 6.49. The van der Waals surface area contributed by atoms with Crippen LogP contribution in [0.2, 0.25) is 0 Å². The summed E-state index contributed by atoms with van der Waals surface area (Å²) in [7, 11) is 1.86. The van der Waals surface area contributed by atoms with Crippen molar-refractivity contribution in [2.45, 2.75) is 40.0 Å². The van der Waals surface area contributed by atoms with Crippen molar-refractivity contribution in [2.75, 3.05) is 18.5 Å². The summed E-state index contributed by atoms with van der Waals surface area (Å²) in [6, 6.07) is 0. The number of hydrogen-bond donors (Lipinski definition) is 1. The first-order chi connectivity index (χ1) is 8.49. The van der Waals surface area contributed by atoms with Gasteiger partial charge < -0.3 is 14.5 Å². The number of carboxylic acids is 1. The number of nitrogens with zero attached hydrogens (tertiary/aromatic N) is 3. The Balaban J connectivity index is 2.88. The highest BCUT2D eigenvalue weighted by Gasteiger charge is 2.37. The predicted molar refractivity (Wildman–Crippen MR) is 67.6 cm³/mol. The third kappa shape index (κ3) is 2.80. The van der Waals surface area contributed by atoms with E-state index in [0.29, 0.717) is 24.7 Å². The molecule has 0 aliphatic carbocycles. The van der Waals surface area contributed by atoms with E-state index in [2.05, 4.69) is 10.1 Å². The normalized spacial score (nSPS) is 11.6. The molecule has 0 fully saturated rings. The highest BCUT2D eigenvalue weighted by Crippen LogP contribution is 2.31. The molecule has 0 unspecified atom stereocenters. The van der Waals surface area contributed by atoms with Gasteiger partial charge in [0.25, 0.3) is 5.95 Å². The quantitative estimate of drug-likeness (QED) is 0.802. The van der Waals surface area contributed by atoms with E-state index in [9.17, 15) is 9.90 Å². The van der Waals surface area contributed by atoms with Crippen LogP contribution in [0.25, 0.3) is 0 Å². The molecular weight excluding hydrogens is 234 g/mol. The largest absolute Gasteiger partial charge is 0.481 e. The minimum absolute atomic E-state index is 0.278. The van der Waals surface area contributed by atoms with Gasteiger partial charge in [-0.05, 0) is 24.9 Å². The summed E-state index contributed by atoms with van der Waals surface area (Å²) < 4.78 is 5.13. The van der Waals surface area contributed by atoms with Crippen molar-refractivity contribution in [1.29, 1.82) is 0 Å². The van der Waals surface area contributed by atoms with E-state index in [1.807, 2.05) is 32.7 Å². The summed E-state index contributed by atoms with van der Waals surface area (Å²) in [5.74, 6) is 0.0755. The van der Waals surface area contributed by atoms with Crippen molar-refractivity contribution in [3.05, 3.63) is 5.89 Å². The van der Waals surface area contributed by atoms with Crippen LogP contribution in [0.5, 0.6) is 0 Å². The molecule has 102 valence electrons. The van der Waals surface area contributed by atoms with Gasteiger partial charge in [-0.2, -0.15) is 4.98 Å². The Kier molecular flexibility index (Phi) is 4.69. The second-order valence-electron chi connectivity index (χ2n) is 4.47. The Labute approximate surface area is 107 Å². The summed E-state index contributed by atoms with van der Waals surface area (Å²) in [5, 5.41) is 13.2. The Bertz CT molecular complexity index is 399. The number of carboxylic acid groups (broad SMARTS) is 1. The number of carbonyl (C=O) groups is 1. The summed E-state index contributed by atoms with van der Waals surface area (Å²) in [4.78, 5) is 17.5. The molecule has 1 aromatic rings. The molecule has 6 nitrogen and oxygen atoms in total. The van der Waals surface area contributed by atoms with E-state index < -0.39 is 11.4 Å². The maximum absolute atomic E-state index is 11.4. The first-order valence-electron chi connectivity index (χ1n) is 6.26. The van der Waals surface area contributed by atoms with Crippen molar-refractivity contribution in [2.24, 2.45) is 5.41 Å². The summed E-state index contributed by atoms with van der Waals surface area (Å²) in [6.07, 6.45) is 1.36. The Morgan fingerprint density at radius 1 is 1.39 bits per heavy atom. The van der Waals surface area contributed by atoms with Crippen LogP contribution in [-0.2, 0) is 11.2 Å². The first kappa shape index (κ1) is 14.5. The van der Waals surface area contributed by atoms with E-state index in [1.54, 1.807) is 0 Å². The van der Waals surface area contributed by atoms with Crippen LogP contribution in [0, 0.1) is 5.41 Å².